The minimum atomic E-state index is -0.532. The quantitative estimate of drug-likeness (QED) is 0.738. The molecular formula is C12H16N4O3. The van der Waals surface area contributed by atoms with E-state index in [-0.39, 0.29) is 17.3 Å². The fraction of sp³-hybridized carbons (Fsp3) is 0.417. The number of aromatic nitrogens is 1. The van der Waals surface area contributed by atoms with Crippen LogP contribution in [0.2, 0.25) is 0 Å². The Morgan fingerprint density at radius 1 is 1.53 bits per heavy atom. The molecular weight excluding hydrogens is 248 g/mol. The number of hydrogen-bond acceptors (Lipinski definition) is 6. The molecule has 0 aromatic carbocycles. The number of amides is 1. The third kappa shape index (κ3) is 2.44. The first-order chi connectivity index (χ1) is 9.04. The second-order valence-corrected chi connectivity index (χ2v) is 4.38. The highest BCUT2D eigenvalue weighted by Gasteiger charge is 2.30. The zero-order chi connectivity index (χ0) is 14.0. The highest BCUT2D eigenvalue weighted by Crippen LogP contribution is 2.26. The van der Waals surface area contributed by atoms with Gasteiger partial charge in [0.25, 0.3) is 0 Å². The van der Waals surface area contributed by atoms with Crippen LogP contribution in [0.5, 0.6) is 0 Å². The van der Waals surface area contributed by atoms with Crippen molar-refractivity contribution in [2.75, 3.05) is 24.3 Å². The number of nitrogen functional groups attached to an aromatic ring is 1. The molecule has 2 heterocycles. The SMILES string of the molecule is COC(=O)c1cc(N2CCCC2C(N)=O)ncc1N. The third-order valence-electron chi connectivity index (χ3n) is 3.20. The fourth-order valence-electron chi connectivity index (χ4n) is 2.24. The molecule has 102 valence electrons. The maximum absolute atomic E-state index is 11.6. The molecule has 1 aromatic rings. The van der Waals surface area contributed by atoms with Crippen LogP contribution in [0.25, 0.3) is 0 Å². The maximum atomic E-state index is 11.6. The number of anilines is 2. The van der Waals surface area contributed by atoms with Crippen molar-refractivity contribution in [1.29, 1.82) is 0 Å². The summed E-state index contributed by atoms with van der Waals surface area (Å²) in [6.45, 7) is 0.672. The van der Waals surface area contributed by atoms with E-state index in [0.717, 1.165) is 6.42 Å². The summed E-state index contributed by atoms with van der Waals surface area (Å²) < 4.78 is 4.65. The Hall–Kier alpha value is -2.31. The Morgan fingerprint density at radius 3 is 2.89 bits per heavy atom. The third-order valence-corrected chi connectivity index (χ3v) is 3.20. The molecule has 2 rings (SSSR count). The molecule has 1 aliphatic rings. The molecule has 0 bridgehead atoms. The molecule has 0 spiro atoms. The van der Waals surface area contributed by atoms with Crippen LogP contribution in [0.3, 0.4) is 0 Å². The molecule has 1 saturated heterocycles. The Labute approximate surface area is 110 Å². The molecule has 1 amide bonds. The van der Waals surface area contributed by atoms with Gasteiger partial charge in [-0.2, -0.15) is 0 Å². The van der Waals surface area contributed by atoms with Crippen molar-refractivity contribution >= 4 is 23.4 Å². The summed E-state index contributed by atoms with van der Waals surface area (Å²) in [7, 11) is 1.28. The highest BCUT2D eigenvalue weighted by atomic mass is 16.5. The number of pyridine rings is 1. The predicted octanol–water partition coefficient (Wildman–Crippen LogP) is -0.0955. The summed E-state index contributed by atoms with van der Waals surface area (Å²) in [4.78, 5) is 28.9. The molecule has 1 aromatic heterocycles. The van der Waals surface area contributed by atoms with E-state index < -0.39 is 11.9 Å². The van der Waals surface area contributed by atoms with Gasteiger partial charge in [0.15, 0.2) is 0 Å². The average molecular weight is 264 g/mol. The summed E-state index contributed by atoms with van der Waals surface area (Å²) in [6.07, 6.45) is 2.93. The van der Waals surface area contributed by atoms with Gasteiger partial charge in [0.1, 0.15) is 11.9 Å². The molecule has 1 unspecified atom stereocenters. The van der Waals surface area contributed by atoms with Crippen LogP contribution in [-0.4, -0.2) is 36.6 Å². The van der Waals surface area contributed by atoms with E-state index in [2.05, 4.69) is 9.72 Å². The van der Waals surface area contributed by atoms with Gasteiger partial charge in [-0.25, -0.2) is 9.78 Å². The van der Waals surface area contributed by atoms with Gasteiger partial charge in [-0.05, 0) is 18.9 Å². The van der Waals surface area contributed by atoms with Gasteiger partial charge in [-0.3, -0.25) is 4.79 Å². The number of carbonyl (C=O) groups is 2. The number of esters is 1. The van der Waals surface area contributed by atoms with Crippen LogP contribution in [0.4, 0.5) is 11.5 Å². The van der Waals surface area contributed by atoms with Crippen molar-refractivity contribution in [3.63, 3.8) is 0 Å². The van der Waals surface area contributed by atoms with Crippen molar-refractivity contribution in [3.8, 4) is 0 Å². The molecule has 19 heavy (non-hydrogen) atoms. The van der Waals surface area contributed by atoms with Crippen LogP contribution in [-0.2, 0) is 9.53 Å². The average Bonchev–Trinajstić information content (AvgIpc) is 2.88. The van der Waals surface area contributed by atoms with E-state index >= 15 is 0 Å². The number of primary amides is 1. The van der Waals surface area contributed by atoms with Gasteiger partial charge in [0.05, 0.1) is 24.6 Å². The largest absolute Gasteiger partial charge is 0.465 e. The number of methoxy groups -OCH3 is 1. The van der Waals surface area contributed by atoms with Crippen LogP contribution < -0.4 is 16.4 Å². The van der Waals surface area contributed by atoms with Gasteiger partial charge < -0.3 is 21.1 Å². The van der Waals surface area contributed by atoms with Crippen molar-refractivity contribution in [2.24, 2.45) is 5.73 Å². The van der Waals surface area contributed by atoms with E-state index in [9.17, 15) is 9.59 Å². The molecule has 0 saturated carbocycles. The minimum absolute atomic E-state index is 0.239. The summed E-state index contributed by atoms with van der Waals surface area (Å²) >= 11 is 0. The highest BCUT2D eigenvalue weighted by molar-refractivity contribution is 5.96. The topological polar surface area (TPSA) is 112 Å². The number of nitrogens with two attached hydrogens (primary N) is 2. The molecule has 0 aliphatic carbocycles. The van der Waals surface area contributed by atoms with E-state index in [4.69, 9.17) is 11.5 Å². The summed E-state index contributed by atoms with van der Waals surface area (Å²) in [5.41, 5.74) is 11.5. The zero-order valence-electron chi connectivity index (χ0n) is 10.6. The van der Waals surface area contributed by atoms with Crippen LogP contribution in [0.1, 0.15) is 23.2 Å². The summed E-state index contributed by atoms with van der Waals surface area (Å²) in [6, 6.07) is 1.14. The smallest absolute Gasteiger partial charge is 0.340 e. The number of nitrogens with zero attached hydrogens (tertiary/aromatic N) is 2. The molecule has 1 aliphatic heterocycles. The van der Waals surface area contributed by atoms with Gasteiger partial charge in [-0.1, -0.05) is 0 Å². The van der Waals surface area contributed by atoms with Crippen molar-refractivity contribution < 1.29 is 14.3 Å². The van der Waals surface area contributed by atoms with Crippen molar-refractivity contribution in [3.05, 3.63) is 17.8 Å². The lowest BCUT2D eigenvalue weighted by atomic mass is 10.2. The van der Waals surface area contributed by atoms with E-state index in [1.165, 1.54) is 19.4 Å². The van der Waals surface area contributed by atoms with E-state index in [0.29, 0.717) is 18.8 Å². The summed E-state index contributed by atoms with van der Waals surface area (Å²) in [5, 5.41) is 0. The van der Waals surface area contributed by atoms with Gasteiger partial charge in [0, 0.05) is 6.54 Å². The number of rotatable bonds is 3. The fourth-order valence-corrected chi connectivity index (χ4v) is 2.24. The lowest BCUT2D eigenvalue weighted by Gasteiger charge is -2.23. The van der Waals surface area contributed by atoms with Crippen LogP contribution in [0.15, 0.2) is 12.3 Å². The molecule has 7 nitrogen and oxygen atoms in total. The molecule has 1 atom stereocenters. The van der Waals surface area contributed by atoms with Gasteiger partial charge in [0.2, 0.25) is 5.91 Å². The second kappa shape index (κ2) is 5.13. The van der Waals surface area contributed by atoms with Crippen molar-refractivity contribution in [1.82, 2.24) is 4.98 Å². The standard InChI is InChI=1S/C12H16N4O3/c1-19-12(18)7-5-10(15-6-8(7)13)16-4-2-3-9(16)11(14)17/h5-6,9H,2-4,13H2,1H3,(H2,14,17). The second-order valence-electron chi connectivity index (χ2n) is 4.38. The first kappa shape index (κ1) is 13.1. The van der Waals surface area contributed by atoms with Crippen molar-refractivity contribution in [2.45, 2.75) is 18.9 Å². The van der Waals surface area contributed by atoms with Gasteiger partial charge >= 0.3 is 5.97 Å². The normalized spacial score (nSPS) is 18.4. The Bertz CT molecular complexity index is 518. The van der Waals surface area contributed by atoms with Gasteiger partial charge in [-0.15, -0.1) is 0 Å². The van der Waals surface area contributed by atoms with E-state index in [1.807, 2.05) is 0 Å². The Balaban J connectivity index is 2.35. The lowest BCUT2D eigenvalue weighted by molar-refractivity contribution is -0.119. The molecule has 7 heteroatoms. The minimum Gasteiger partial charge on any atom is -0.465 e. The first-order valence-corrected chi connectivity index (χ1v) is 5.94. The molecule has 4 N–H and O–H groups in total. The summed E-state index contributed by atoms with van der Waals surface area (Å²) in [5.74, 6) is -0.414. The Morgan fingerprint density at radius 2 is 2.26 bits per heavy atom. The van der Waals surface area contributed by atoms with Crippen LogP contribution in [0, 0.1) is 0 Å². The molecule has 0 radical (unpaired) electrons. The number of ether oxygens (including phenoxy) is 1. The Kier molecular flexibility index (Phi) is 3.55. The lowest BCUT2D eigenvalue weighted by Crippen LogP contribution is -2.40. The monoisotopic (exact) mass is 264 g/mol. The van der Waals surface area contributed by atoms with E-state index in [1.54, 1.807) is 4.90 Å². The number of carbonyl (C=O) groups excluding carboxylic acids is 2. The van der Waals surface area contributed by atoms with Crippen LogP contribution >= 0.6 is 0 Å². The molecule has 1 fully saturated rings. The number of hydrogen-bond donors (Lipinski definition) is 2. The zero-order valence-corrected chi connectivity index (χ0v) is 10.6. The maximum Gasteiger partial charge on any atom is 0.340 e. The predicted molar refractivity (Wildman–Crippen MR) is 69.6 cm³/mol. The first-order valence-electron chi connectivity index (χ1n) is 5.94.